The van der Waals surface area contributed by atoms with E-state index in [1.54, 1.807) is 42.7 Å². The molecule has 37 heavy (non-hydrogen) atoms. The summed E-state index contributed by atoms with van der Waals surface area (Å²) in [4.78, 5) is 20.0. The lowest BCUT2D eigenvalue weighted by Crippen LogP contribution is -2.30. The Morgan fingerprint density at radius 3 is 2.41 bits per heavy atom. The number of hydrogen-bond acceptors (Lipinski definition) is 6. The SMILES string of the molecule is Cc1c(Cl)ccc2sc(N(Cc3ccco3)C(=O)c3ccc(S(=O)(=O)N(C)c4ccccc4)cc3)nc12. The number of halogens is 1. The van der Waals surface area contributed by atoms with Gasteiger partial charge in [0.05, 0.1) is 33.6 Å². The number of aryl methyl sites for hydroxylation is 1. The fraction of sp³-hybridized carbons (Fsp3) is 0.111. The topological polar surface area (TPSA) is 83.7 Å². The molecule has 2 aromatic heterocycles. The van der Waals surface area contributed by atoms with Gasteiger partial charge in [0.15, 0.2) is 5.13 Å². The van der Waals surface area contributed by atoms with Gasteiger partial charge in [-0.1, -0.05) is 41.1 Å². The Labute approximate surface area is 223 Å². The van der Waals surface area contributed by atoms with Gasteiger partial charge in [0, 0.05) is 17.6 Å². The van der Waals surface area contributed by atoms with Gasteiger partial charge in [0.25, 0.3) is 15.9 Å². The minimum atomic E-state index is -3.80. The zero-order chi connectivity index (χ0) is 26.2. The van der Waals surface area contributed by atoms with Crippen LogP contribution in [0.1, 0.15) is 21.7 Å². The van der Waals surface area contributed by atoms with Gasteiger partial charge in [-0.15, -0.1) is 0 Å². The predicted molar refractivity (Wildman–Crippen MR) is 147 cm³/mol. The Morgan fingerprint density at radius 1 is 1.00 bits per heavy atom. The number of hydrogen-bond donors (Lipinski definition) is 0. The van der Waals surface area contributed by atoms with Crippen LogP contribution in [-0.2, 0) is 16.6 Å². The summed E-state index contributed by atoms with van der Waals surface area (Å²) in [6, 6.07) is 21.9. The lowest BCUT2D eigenvalue weighted by molar-refractivity contribution is 0.0983. The van der Waals surface area contributed by atoms with E-state index in [1.165, 1.54) is 51.9 Å². The van der Waals surface area contributed by atoms with Crippen LogP contribution in [0.5, 0.6) is 0 Å². The van der Waals surface area contributed by atoms with Crippen molar-refractivity contribution in [1.82, 2.24) is 4.98 Å². The van der Waals surface area contributed by atoms with E-state index in [0.29, 0.717) is 27.2 Å². The van der Waals surface area contributed by atoms with E-state index in [-0.39, 0.29) is 17.3 Å². The van der Waals surface area contributed by atoms with Crippen molar-refractivity contribution in [2.24, 2.45) is 0 Å². The first-order chi connectivity index (χ1) is 17.8. The number of fused-ring (bicyclic) bond motifs is 1. The Hall–Kier alpha value is -3.66. The fourth-order valence-electron chi connectivity index (χ4n) is 3.85. The number of rotatable bonds is 7. The number of aromatic nitrogens is 1. The molecule has 1 amide bonds. The molecule has 0 unspecified atom stereocenters. The molecule has 5 rings (SSSR count). The summed E-state index contributed by atoms with van der Waals surface area (Å²) in [6.07, 6.45) is 1.54. The van der Waals surface area contributed by atoms with Gasteiger partial charge in [-0.3, -0.25) is 14.0 Å². The van der Waals surface area contributed by atoms with Crippen molar-refractivity contribution in [3.8, 4) is 0 Å². The summed E-state index contributed by atoms with van der Waals surface area (Å²) in [6.45, 7) is 2.05. The second kappa shape index (κ2) is 10.0. The molecule has 0 saturated heterocycles. The van der Waals surface area contributed by atoms with Crippen LogP contribution in [0.2, 0.25) is 5.02 Å². The molecule has 0 radical (unpaired) electrons. The maximum atomic E-state index is 13.7. The Morgan fingerprint density at radius 2 is 1.73 bits per heavy atom. The van der Waals surface area contributed by atoms with E-state index in [4.69, 9.17) is 21.0 Å². The minimum absolute atomic E-state index is 0.0817. The highest BCUT2D eigenvalue weighted by Crippen LogP contribution is 2.35. The number of nitrogens with zero attached hydrogens (tertiary/aromatic N) is 3. The lowest BCUT2D eigenvalue weighted by Gasteiger charge is -2.21. The number of furan rings is 1. The number of para-hydroxylation sites is 1. The highest BCUT2D eigenvalue weighted by atomic mass is 35.5. The van der Waals surface area contributed by atoms with Crippen molar-refractivity contribution in [2.75, 3.05) is 16.3 Å². The number of benzene rings is 3. The number of amides is 1. The van der Waals surface area contributed by atoms with E-state index >= 15 is 0 Å². The number of carbonyl (C=O) groups is 1. The van der Waals surface area contributed by atoms with Crippen molar-refractivity contribution in [3.05, 3.63) is 107 Å². The monoisotopic (exact) mass is 551 g/mol. The van der Waals surface area contributed by atoms with Crippen LogP contribution in [-0.4, -0.2) is 26.4 Å². The molecule has 188 valence electrons. The van der Waals surface area contributed by atoms with Gasteiger partial charge in [0.1, 0.15) is 5.76 Å². The maximum absolute atomic E-state index is 13.7. The Kier molecular flexibility index (Phi) is 6.76. The van der Waals surface area contributed by atoms with Crippen LogP contribution in [0, 0.1) is 6.92 Å². The van der Waals surface area contributed by atoms with Crippen LogP contribution >= 0.6 is 22.9 Å². The van der Waals surface area contributed by atoms with Gasteiger partial charge in [-0.2, -0.15) is 0 Å². The van der Waals surface area contributed by atoms with Crippen LogP contribution < -0.4 is 9.21 Å². The largest absolute Gasteiger partial charge is 0.467 e. The van der Waals surface area contributed by atoms with Crippen molar-refractivity contribution < 1.29 is 17.6 Å². The summed E-state index contributed by atoms with van der Waals surface area (Å²) in [5.41, 5.74) is 2.43. The summed E-state index contributed by atoms with van der Waals surface area (Å²) in [5.74, 6) is 0.255. The average molecular weight is 552 g/mol. The smallest absolute Gasteiger partial charge is 0.264 e. The number of sulfonamides is 1. The summed E-state index contributed by atoms with van der Waals surface area (Å²) >= 11 is 7.65. The molecule has 5 aromatic rings. The summed E-state index contributed by atoms with van der Waals surface area (Å²) in [5, 5.41) is 1.09. The van der Waals surface area contributed by atoms with Gasteiger partial charge < -0.3 is 4.42 Å². The predicted octanol–water partition coefficient (Wildman–Crippen LogP) is 6.52. The lowest BCUT2D eigenvalue weighted by atomic mass is 10.2. The fourth-order valence-corrected chi connectivity index (χ4v) is 6.22. The molecule has 3 aromatic carbocycles. The molecule has 2 heterocycles. The van der Waals surface area contributed by atoms with Gasteiger partial charge in [0.2, 0.25) is 0 Å². The van der Waals surface area contributed by atoms with E-state index in [0.717, 1.165) is 15.8 Å². The van der Waals surface area contributed by atoms with Crippen LogP contribution in [0.15, 0.2) is 94.4 Å². The van der Waals surface area contributed by atoms with Crippen LogP contribution in [0.4, 0.5) is 10.8 Å². The molecule has 0 saturated carbocycles. The normalized spacial score (nSPS) is 11.5. The third-order valence-electron chi connectivity index (χ3n) is 5.99. The molecular weight excluding hydrogens is 530 g/mol. The molecule has 0 aliphatic carbocycles. The molecule has 10 heteroatoms. The minimum Gasteiger partial charge on any atom is -0.467 e. The summed E-state index contributed by atoms with van der Waals surface area (Å²) in [7, 11) is -2.31. The maximum Gasteiger partial charge on any atom is 0.264 e. The van der Waals surface area contributed by atoms with E-state index < -0.39 is 10.0 Å². The Bertz CT molecular complexity index is 1670. The Balaban J connectivity index is 1.48. The standard InChI is InChI=1S/C27H22ClN3O4S2/c1-18-23(28)14-15-24-25(18)29-27(36-24)31(17-21-9-6-16-35-21)26(32)19-10-12-22(13-11-19)37(33,34)30(2)20-7-4-3-5-8-20/h3-16H,17H2,1-2H3. The van der Waals surface area contributed by atoms with Crippen LogP contribution in [0.3, 0.4) is 0 Å². The summed E-state index contributed by atoms with van der Waals surface area (Å²) < 4.78 is 33.9. The van der Waals surface area contributed by atoms with Gasteiger partial charge >= 0.3 is 0 Å². The van der Waals surface area contributed by atoms with Gasteiger partial charge in [-0.05, 0) is 73.2 Å². The number of carbonyl (C=O) groups excluding carboxylic acids is 1. The third-order valence-corrected chi connectivity index (χ3v) is 9.24. The van der Waals surface area contributed by atoms with Gasteiger partial charge in [-0.25, -0.2) is 13.4 Å². The molecule has 0 atom stereocenters. The molecular formula is C27H22ClN3O4S2. The van der Waals surface area contributed by atoms with E-state index in [2.05, 4.69) is 0 Å². The first kappa shape index (κ1) is 25.0. The van der Waals surface area contributed by atoms with Crippen LogP contribution in [0.25, 0.3) is 10.2 Å². The highest BCUT2D eigenvalue weighted by Gasteiger charge is 2.25. The number of thiazole rings is 1. The van der Waals surface area contributed by atoms with E-state index in [1.807, 2.05) is 25.1 Å². The average Bonchev–Trinajstić information content (AvgIpc) is 3.59. The second-order valence-electron chi connectivity index (χ2n) is 8.32. The molecule has 0 fully saturated rings. The quantitative estimate of drug-likeness (QED) is 0.230. The van der Waals surface area contributed by atoms with Crippen molar-refractivity contribution in [1.29, 1.82) is 0 Å². The molecule has 0 spiro atoms. The van der Waals surface area contributed by atoms with E-state index in [9.17, 15) is 13.2 Å². The first-order valence-corrected chi connectivity index (χ1v) is 13.9. The molecule has 0 N–H and O–H groups in total. The third kappa shape index (κ3) is 4.85. The second-order valence-corrected chi connectivity index (χ2v) is 11.7. The zero-order valence-corrected chi connectivity index (χ0v) is 22.3. The zero-order valence-electron chi connectivity index (χ0n) is 20.0. The molecule has 0 aliphatic rings. The highest BCUT2D eigenvalue weighted by molar-refractivity contribution is 7.92. The number of anilines is 2. The van der Waals surface area contributed by atoms with Crippen molar-refractivity contribution >= 4 is 59.9 Å². The molecule has 0 aliphatic heterocycles. The molecule has 0 bridgehead atoms. The first-order valence-electron chi connectivity index (χ1n) is 11.3. The van der Waals surface area contributed by atoms with Crippen molar-refractivity contribution in [3.63, 3.8) is 0 Å². The van der Waals surface area contributed by atoms with Crippen molar-refractivity contribution in [2.45, 2.75) is 18.4 Å². The molecule has 7 nitrogen and oxygen atoms in total.